The van der Waals surface area contributed by atoms with Crippen LogP contribution in [0.15, 0.2) is 18.2 Å². The first-order chi connectivity index (χ1) is 8.04. The van der Waals surface area contributed by atoms with Gasteiger partial charge in [0.05, 0.1) is 11.1 Å². The van der Waals surface area contributed by atoms with Crippen molar-refractivity contribution in [1.82, 2.24) is 5.32 Å². The van der Waals surface area contributed by atoms with Gasteiger partial charge in [0.2, 0.25) is 0 Å². The molecule has 1 rings (SSSR count). The van der Waals surface area contributed by atoms with E-state index >= 15 is 0 Å². The van der Waals surface area contributed by atoms with Crippen LogP contribution in [-0.4, -0.2) is 19.3 Å². The second-order valence-electron chi connectivity index (χ2n) is 4.07. The van der Waals surface area contributed by atoms with Gasteiger partial charge in [0.25, 0.3) is 0 Å². The van der Waals surface area contributed by atoms with E-state index in [1.165, 1.54) is 6.07 Å². The predicted molar refractivity (Wildman–Crippen MR) is 68.9 cm³/mol. The Morgan fingerprint density at radius 1 is 1.41 bits per heavy atom. The summed E-state index contributed by atoms with van der Waals surface area (Å²) in [5.41, 5.74) is 0.972. The van der Waals surface area contributed by atoms with Crippen molar-refractivity contribution in [2.45, 2.75) is 32.9 Å². The summed E-state index contributed by atoms with van der Waals surface area (Å²) in [4.78, 5) is 0. The lowest BCUT2D eigenvalue weighted by Gasteiger charge is -2.18. The van der Waals surface area contributed by atoms with E-state index in [1.807, 2.05) is 20.8 Å². The Bertz CT molecular complexity index is 359. The van der Waals surface area contributed by atoms with Crippen LogP contribution >= 0.6 is 11.6 Å². The van der Waals surface area contributed by atoms with Gasteiger partial charge in [-0.2, -0.15) is 0 Å². The van der Waals surface area contributed by atoms with Crippen LogP contribution in [-0.2, 0) is 4.74 Å². The van der Waals surface area contributed by atoms with Crippen molar-refractivity contribution in [1.29, 1.82) is 0 Å². The number of halogens is 2. The molecule has 2 nitrogen and oxygen atoms in total. The molecule has 2 unspecified atom stereocenters. The zero-order valence-corrected chi connectivity index (χ0v) is 11.2. The summed E-state index contributed by atoms with van der Waals surface area (Å²) in [6, 6.07) is 4.90. The number of hydrogen-bond donors (Lipinski definition) is 1. The molecule has 0 radical (unpaired) electrons. The summed E-state index contributed by atoms with van der Waals surface area (Å²) in [6.45, 7) is 7.46. The molecule has 0 aliphatic heterocycles. The number of benzene rings is 1. The van der Waals surface area contributed by atoms with E-state index in [9.17, 15) is 4.39 Å². The van der Waals surface area contributed by atoms with Gasteiger partial charge in [-0.25, -0.2) is 4.39 Å². The Hall–Kier alpha value is -0.640. The molecule has 0 aliphatic rings. The molecule has 0 fully saturated rings. The van der Waals surface area contributed by atoms with Crippen LogP contribution in [0, 0.1) is 5.82 Å². The Kier molecular flexibility index (Phi) is 5.89. The topological polar surface area (TPSA) is 21.3 Å². The van der Waals surface area contributed by atoms with Crippen LogP contribution in [0.1, 0.15) is 32.4 Å². The standard InChI is InChI=1S/C13H19ClFNO/c1-4-17-9(2)8-16-10(3)11-5-6-13(15)12(14)7-11/h5-7,9-10,16H,4,8H2,1-3H3. The lowest BCUT2D eigenvalue weighted by atomic mass is 10.1. The summed E-state index contributed by atoms with van der Waals surface area (Å²) >= 11 is 5.74. The molecule has 0 bridgehead atoms. The van der Waals surface area contributed by atoms with E-state index in [-0.39, 0.29) is 23.0 Å². The molecule has 0 saturated carbocycles. The minimum Gasteiger partial charge on any atom is -0.377 e. The molecular weight excluding hydrogens is 241 g/mol. The maximum atomic E-state index is 13.0. The lowest BCUT2D eigenvalue weighted by molar-refractivity contribution is 0.0743. The van der Waals surface area contributed by atoms with Crippen molar-refractivity contribution in [2.75, 3.05) is 13.2 Å². The fourth-order valence-corrected chi connectivity index (χ4v) is 1.77. The highest BCUT2D eigenvalue weighted by molar-refractivity contribution is 6.30. The van der Waals surface area contributed by atoms with Gasteiger partial charge in [0.15, 0.2) is 0 Å². The van der Waals surface area contributed by atoms with Crippen LogP contribution in [0.2, 0.25) is 5.02 Å². The van der Waals surface area contributed by atoms with E-state index in [1.54, 1.807) is 12.1 Å². The highest BCUT2D eigenvalue weighted by Crippen LogP contribution is 2.20. The first kappa shape index (κ1) is 14.4. The molecule has 0 aliphatic carbocycles. The first-order valence-corrected chi connectivity index (χ1v) is 6.22. The number of rotatable bonds is 6. The molecule has 4 heteroatoms. The van der Waals surface area contributed by atoms with Gasteiger partial charge in [0, 0.05) is 19.2 Å². The van der Waals surface area contributed by atoms with E-state index in [2.05, 4.69) is 5.32 Å². The largest absolute Gasteiger partial charge is 0.377 e. The van der Waals surface area contributed by atoms with E-state index in [0.29, 0.717) is 6.61 Å². The molecular formula is C13H19ClFNO. The molecule has 1 aromatic rings. The second kappa shape index (κ2) is 6.94. The van der Waals surface area contributed by atoms with Crippen LogP contribution in [0.4, 0.5) is 4.39 Å². The molecule has 0 aromatic heterocycles. The third-order valence-electron chi connectivity index (χ3n) is 2.61. The number of ether oxygens (including phenoxy) is 1. The molecule has 2 atom stereocenters. The summed E-state index contributed by atoms with van der Waals surface area (Å²) < 4.78 is 18.4. The Labute approximate surface area is 107 Å². The van der Waals surface area contributed by atoms with Gasteiger partial charge in [-0.1, -0.05) is 17.7 Å². The van der Waals surface area contributed by atoms with Crippen molar-refractivity contribution in [3.8, 4) is 0 Å². The van der Waals surface area contributed by atoms with E-state index in [4.69, 9.17) is 16.3 Å². The quantitative estimate of drug-likeness (QED) is 0.844. The fourth-order valence-electron chi connectivity index (χ4n) is 1.59. The molecule has 0 amide bonds. The Balaban J connectivity index is 2.52. The fraction of sp³-hybridized carbons (Fsp3) is 0.538. The van der Waals surface area contributed by atoms with Crippen LogP contribution < -0.4 is 5.32 Å². The molecule has 0 spiro atoms. The summed E-state index contributed by atoms with van der Waals surface area (Å²) in [5, 5.41) is 3.49. The Morgan fingerprint density at radius 2 is 2.12 bits per heavy atom. The summed E-state index contributed by atoms with van der Waals surface area (Å²) in [7, 11) is 0. The van der Waals surface area contributed by atoms with E-state index < -0.39 is 0 Å². The molecule has 1 aromatic carbocycles. The van der Waals surface area contributed by atoms with Gasteiger partial charge < -0.3 is 10.1 Å². The van der Waals surface area contributed by atoms with Gasteiger partial charge in [-0.05, 0) is 38.5 Å². The zero-order valence-electron chi connectivity index (χ0n) is 10.5. The molecule has 0 saturated heterocycles. The molecule has 0 heterocycles. The minimum absolute atomic E-state index is 0.121. The maximum Gasteiger partial charge on any atom is 0.141 e. The average Bonchev–Trinajstić information content (AvgIpc) is 2.30. The van der Waals surface area contributed by atoms with Crippen LogP contribution in [0.25, 0.3) is 0 Å². The smallest absolute Gasteiger partial charge is 0.141 e. The molecule has 17 heavy (non-hydrogen) atoms. The van der Waals surface area contributed by atoms with Gasteiger partial charge >= 0.3 is 0 Å². The van der Waals surface area contributed by atoms with Crippen molar-refractivity contribution < 1.29 is 9.13 Å². The van der Waals surface area contributed by atoms with Gasteiger partial charge in [-0.15, -0.1) is 0 Å². The SMILES string of the molecule is CCOC(C)CNC(C)c1ccc(F)c(Cl)c1. The van der Waals surface area contributed by atoms with Crippen molar-refractivity contribution in [3.63, 3.8) is 0 Å². The summed E-state index contributed by atoms with van der Waals surface area (Å²) in [5.74, 6) is -0.384. The first-order valence-electron chi connectivity index (χ1n) is 5.84. The average molecular weight is 260 g/mol. The van der Waals surface area contributed by atoms with Gasteiger partial charge in [-0.3, -0.25) is 0 Å². The lowest BCUT2D eigenvalue weighted by Crippen LogP contribution is -2.29. The van der Waals surface area contributed by atoms with Crippen molar-refractivity contribution in [2.24, 2.45) is 0 Å². The highest BCUT2D eigenvalue weighted by atomic mass is 35.5. The van der Waals surface area contributed by atoms with Gasteiger partial charge in [0.1, 0.15) is 5.82 Å². The number of hydrogen-bond acceptors (Lipinski definition) is 2. The molecule has 96 valence electrons. The third kappa shape index (κ3) is 4.62. The van der Waals surface area contributed by atoms with Crippen LogP contribution in [0.5, 0.6) is 0 Å². The van der Waals surface area contributed by atoms with Crippen LogP contribution in [0.3, 0.4) is 0 Å². The van der Waals surface area contributed by atoms with Crippen molar-refractivity contribution >= 4 is 11.6 Å². The number of nitrogens with one attached hydrogen (secondary N) is 1. The molecule has 1 N–H and O–H groups in total. The third-order valence-corrected chi connectivity index (χ3v) is 2.90. The highest BCUT2D eigenvalue weighted by Gasteiger charge is 2.09. The zero-order chi connectivity index (χ0) is 12.8. The second-order valence-corrected chi connectivity index (χ2v) is 4.48. The predicted octanol–water partition coefficient (Wildman–Crippen LogP) is 3.55. The Morgan fingerprint density at radius 3 is 2.71 bits per heavy atom. The monoisotopic (exact) mass is 259 g/mol. The normalized spacial score (nSPS) is 14.6. The summed E-state index contributed by atoms with van der Waals surface area (Å²) in [6.07, 6.45) is 0.165. The minimum atomic E-state index is -0.384. The van der Waals surface area contributed by atoms with E-state index in [0.717, 1.165) is 12.1 Å². The van der Waals surface area contributed by atoms with Crippen molar-refractivity contribution in [3.05, 3.63) is 34.6 Å². The maximum absolute atomic E-state index is 13.0.